The number of likely N-dealkylation sites (N-methyl/N-ethyl adjacent to an activating group) is 1. The number of halogens is 4. The van der Waals surface area contributed by atoms with E-state index in [0.29, 0.717) is 35.3 Å². The number of carbonyl (C=O) groups excluding carboxylic acids is 1. The van der Waals surface area contributed by atoms with Crippen LogP contribution in [0, 0.1) is 27.3 Å². The van der Waals surface area contributed by atoms with Gasteiger partial charge in [-0.05, 0) is 40.2 Å². The number of hydrogen-bond donors (Lipinski definition) is 2. The summed E-state index contributed by atoms with van der Waals surface area (Å²) < 4.78 is 54.9. The Morgan fingerprint density at radius 3 is 2.68 bits per heavy atom. The number of rotatable bonds is 11. The highest BCUT2D eigenvalue weighted by Gasteiger charge is 2.34. The molecule has 0 aliphatic rings. The maximum Gasteiger partial charge on any atom is 0.419 e. The summed E-state index contributed by atoms with van der Waals surface area (Å²) in [5.74, 6) is -2.04. The molecule has 0 fully saturated rings. The van der Waals surface area contributed by atoms with Crippen molar-refractivity contribution in [3.8, 4) is 6.07 Å². The average molecular weight is 614 g/mol. The lowest BCUT2D eigenvalue weighted by atomic mass is 10.1. The first-order valence-electron chi connectivity index (χ1n) is 12.9. The molecule has 13 nitrogen and oxygen atoms in total. The molecular formula is C27H25F4N10O3+. The van der Waals surface area contributed by atoms with Crippen LogP contribution in [0.1, 0.15) is 17.7 Å². The van der Waals surface area contributed by atoms with Crippen molar-refractivity contribution in [3.63, 3.8) is 0 Å². The van der Waals surface area contributed by atoms with Crippen LogP contribution in [-0.2, 0) is 24.1 Å². The van der Waals surface area contributed by atoms with Gasteiger partial charge < -0.3 is 29.8 Å². The summed E-state index contributed by atoms with van der Waals surface area (Å²) in [5, 5.41) is 26.0. The highest BCUT2D eigenvalue weighted by Crippen LogP contribution is 2.34. The molecule has 0 saturated carbocycles. The van der Waals surface area contributed by atoms with E-state index in [0.717, 1.165) is 6.07 Å². The van der Waals surface area contributed by atoms with Crippen LogP contribution in [0.5, 0.6) is 0 Å². The van der Waals surface area contributed by atoms with E-state index in [1.807, 2.05) is 20.2 Å². The first kappa shape index (κ1) is 31.4. The number of nitrogens with zero attached hydrogens (tertiary/aromatic N) is 8. The normalized spacial score (nSPS) is 11.9. The van der Waals surface area contributed by atoms with Gasteiger partial charge in [0.05, 0.1) is 50.4 Å². The summed E-state index contributed by atoms with van der Waals surface area (Å²) in [7, 11) is 3.62. The second-order valence-corrected chi connectivity index (χ2v) is 10.2. The zero-order valence-electron chi connectivity index (χ0n) is 23.3. The van der Waals surface area contributed by atoms with Gasteiger partial charge in [0.25, 0.3) is 0 Å². The smallest absolute Gasteiger partial charge is 0.358 e. The predicted octanol–water partition coefficient (Wildman–Crippen LogP) is 4.72. The molecule has 0 aliphatic carbocycles. The molecule has 44 heavy (non-hydrogen) atoms. The zero-order chi connectivity index (χ0) is 32.1. The third-order valence-electron chi connectivity index (χ3n) is 6.32. The van der Waals surface area contributed by atoms with Gasteiger partial charge in [0.2, 0.25) is 12.2 Å². The van der Waals surface area contributed by atoms with Crippen LogP contribution < -0.4 is 10.6 Å². The van der Waals surface area contributed by atoms with Gasteiger partial charge in [-0.25, -0.2) is 19.3 Å². The van der Waals surface area contributed by atoms with Gasteiger partial charge in [-0.15, -0.1) is 0 Å². The molecule has 0 bridgehead atoms. The number of anilines is 3. The van der Waals surface area contributed by atoms with Crippen molar-refractivity contribution in [2.45, 2.75) is 25.7 Å². The molecule has 0 atom stereocenters. The fourth-order valence-corrected chi connectivity index (χ4v) is 4.24. The summed E-state index contributed by atoms with van der Waals surface area (Å²) in [5.41, 5.74) is -0.818. The minimum Gasteiger partial charge on any atom is -0.358 e. The van der Waals surface area contributed by atoms with Gasteiger partial charge in [0.1, 0.15) is 30.3 Å². The maximum absolute atomic E-state index is 13.7. The molecule has 0 radical (unpaired) electrons. The first-order valence-corrected chi connectivity index (χ1v) is 12.9. The number of aromatic nitrogens is 5. The van der Waals surface area contributed by atoms with Gasteiger partial charge in [0.15, 0.2) is 5.69 Å². The highest BCUT2D eigenvalue weighted by atomic mass is 19.4. The molecule has 228 valence electrons. The van der Waals surface area contributed by atoms with Gasteiger partial charge in [-0.1, -0.05) is 0 Å². The number of fused-ring (bicyclic) bond motifs is 1. The number of carbonyl (C=O) groups is 1. The van der Waals surface area contributed by atoms with Crippen molar-refractivity contribution < 1.29 is 31.8 Å². The second kappa shape index (κ2) is 12.8. The van der Waals surface area contributed by atoms with E-state index in [9.17, 15) is 32.5 Å². The Morgan fingerprint density at radius 2 is 1.98 bits per heavy atom. The summed E-state index contributed by atoms with van der Waals surface area (Å²) in [6, 6.07) is 5.87. The molecule has 3 heterocycles. The minimum absolute atomic E-state index is 0.0664. The van der Waals surface area contributed by atoms with Crippen LogP contribution in [0.4, 0.5) is 40.7 Å². The van der Waals surface area contributed by atoms with E-state index in [4.69, 9.17) is 5.26 Å². The van der Waals surface area contributed by atoms with E-state index in [1.54, 1.807) is 10.6 Å². The van der Waals surface area contributed by atoms with E-state index in [-0.39, 0.29) is 47.1 Å². The lowest BCUT2D eigenvalue weighted by Gasteiger charge is -2.28. The number of quaternary nitrogens is 1. The third-order valence-corrected chi connectivity index (χ3v) is 6.32. The molecule has 3 aromatic heterocycles. The molecule has 0 aliphatic heterocycles. The van der Waals surface area contributed by atoms with Gasteiger partial charge >= 0.3 is 12.0 Å². The van der Waals surface area contributed by atoms with E-state index < -0.39 is 28.4 Å². The number of hydrogen-bond acceptors (Lipinski definition) is 9. The van der Waals surface area contributed by atoms with Crippen LogP contribution in [0.3, 0.4) is 0 Å². The minimum atomic E-state index is -4.89. The van der Waals surface area contributed by atoms with Crippen LogP contribution in [-0.4, -0.2) is 60.5 Å². The van der Waals surface area contributed by atoms with E-state index in [1.165, 1.54) is 31.0 Å². The Bertz CT molecular complexity index is 1780. The zero-order valence-corrected chi connectivity index (χ0v) is 23.3. The van der Waals surface area contributed by atoms with E-state index >= 15 is 0 Å². The fraction of sp³-hybridized carbons (Fsp3) is 0.259. The number of nitrogens with one attached hydrogen (secondary N) is 2. The van der Waals surface area contributed by atoms with Crippen LogP contribution >= 0.6 is 0 Å². The van der Waals surface area contributed by atoms with Crippen LogP contribution in [0.25, 0.3) is 10.9 Å². The van der Waals surface area contributed by atoms with Gasteiger partial charge in [0, 0.05) is 23.7 Å². The first-order chi connectivity index (χ1) is 20.8. The van der Waals surface area contributed by atoms with Crippen LogP contribution in [0.2, 0.25) is 0 Å². The number of nitro groups is 1. The van der Waals surface area contributed by atoms with Crippen molar-refractivity contribution in [1.29, 1.82) is 5.26 Å². The number of pyridine rings is 1. The van der Waals surface area contributed by atoms with E-state index in [2.05, 4.69) is 30.6 Å². The summed E-state index contributed by atoms with van der Waals surface area (Å²) in [4.78, 5) is 39.6. The van der Waals surface area contributed by atoms with Crippen molar-refractivity contribution in [2.75, 3.05) is 31.3 Å². The molecule has 0 unspecified atom stereocenters. The maximum atomic E-state index is 13.7. The number of benzene rings is 1. The van der Waals surface area contributed by atoms with Gasteiger partial charge in [-0.2, -0.15) is 18.4 Å². The molecule has 4 rings (SSSR count). The third kappa shape index (κ3) is 7.66. The Labute approximate surface area is 247 Å². The Morgan fingerprint density at radius 1 is 1.20 bits per heavy atom. The number of amides is 1. The SMILES string of the molecule is C[N+](C)(CC=CC(=O)Nc1cc2c(Nc3ccc(F)c(C(F)(F)F)c3)ncnc2cn1)Cc1c([N+](=O)[O-])ncn1CCC#N. The number of alkyl halides is 3. The molecule has 1 amide bonds. The Balaban J connectivity index is 1.46. The Hall–Kier alpha value is -5.50. The van der Waals surface area contributed by atoms with Crippen molar-refractivity contribution in [1.82, 2.24) is 24.5 Å². The lowest BCUT2D eigenvalue weighted by molar-refractivity contribution is -0.898. The quantitative estimate of drug-likeness (QED) is 0.0801. The second-order valence-electron chi connectivity index (χ2n) is 10.2. The molecule has 0 spiro atoms. The monoisotopic (exact) mass is 613 g/mol. The summed E-state index contributed by atoms with van der Waals surface area (Å²) in [6.45, 7) is 0.761. The highest BCUT2D eigenvalue weighted by molar-refractivity contribution is 6.00. The number of imidazole rings is 1. The number of aryl methyl sites for hydroxylation is 1. The largest absolute Gasteiger partial charge is 0.419 e. The molecule has 1 aromatic carbocycles. The summed E-state index contributed by atoms with van der Waals surface area (Å²) in [6.07, 6.45) is 1.97. The van der Waals surface area contributed by atoms with Gasteiger partial charge in [-0.3, -0.25) is 4.79 Å². The van der Waals surface area contributed by atoms with Crippen LogP contribution in [0.15, 0.2) is 55.3 Å². The standard InChI is InChI=1S/C27H24F4N10O3/c1-41(2,14-22-26(40(43)44)36-16-39(22)9-4-8-32)10-3-5-24(42)38-23-12-18-21(13-33-23)34-15-35-25(18)37-17-6-7-20(28)19(11-17)27(29,30)31/h3,5-7,11-13,15-16H,4,9-10,14H2,1-2H3,(H-,33,34,35,37,38,42)/p+1. The molecule has 4 aromatic rings. The molecule has 17 heteroatoms. The summed E-state index contributed by atoms with van der Waals surface area (Å²) >= 11 is 0. The fourth-order valence-electron chi connectivity index (χ4n) is 4.24. The Kier molecular flexibility index (Phi) is 9.14. The van der Waals surface area contributed by atoms with Crippen molar-refractivity contribution in [2.24, 2.45) is 0 Å². The van der Waals surface area contributed by atoms with Crippen molar-refractivity contribution >= 4 is 40.0 Å². The van der Waals surface area contributed by atoms with Crippen molar-refractivity contribution in [3.05, 3.63) is 82.5 Å². The molecule has 2 N–H and O–H groups in total. The topological polar surface area (TPSA) is 165 Å². The molecular weight excluding hydrogens is 588 g/mol. The number of nitriles is 1. The predicted molar refractivity (Wildman–Crippen MR) is 150 cm³/mol. The average Bonchev–Trinajstić information content (AvgIpc) is 3.34. The molecule has 0 saturated heterocycles. The lowest BCUT2D eigenvalue weighted by Crippen LogP contribution is -2.39.